The molecule has 2 amide bonds. The lowest BCUT2D eigenvalue weighted by Gasteiger charge is -2.17. The third-order valence-electron chi connectivity index (χ3n) is 6.89. The molecule has 1 heterocycles. The first kappa shape index (κ1) is 17.9. The van der Waals surface area contributed by atoms with Gasteiger partial charge in [-0.2, -0.15) is 0 Å². The highest BCUT2D eigenvalue weighted by Gasteiger charge is 2.42. The number of nitrogens with zero attached hydrogens (tertiary/aromatic N) is 1. The van der Waals surface area contributed by atoms with Crippen molar-refractivity contribution < 1.29 is 9.59 Å². The van der Waals surface area contributed by atoms with Crippen molar-refractivity contribution in [2.24, 2.45) is 0 Å². The molecule has 4 bridgehead atoms. The summed E-state index contributed by atoms with van der Waals surface area (Å²) in [7, 11) is 1.54. The molecule has 3 aromatic carbocycles. The third kappa shape index (κ3) is 2.33. The molecular weight excluding hydrogens is 394 g/mol. The topological polar surface area (TPSA) is 37.4 Å². The maximum atomic E-state index is 12.9. The van der Waals surface area contributed by atoms with Gasteiger partial charge in [0.1, 0.15) is 0 Å². The van der Waals surface area contributed by atoms with E-state index in [0.717, 1.165) is 42.4 Å². The zero-order valence-corrected chi connectivity index (χ0v) is 17.4. The number of hydrogen-bond acceptors (Lipinski definition) is 2. The molecular formula is C26H20ClNO2. The average molecular weight is 414 g/mol. The number of alkyl halides is 1. The lowest BCUT2D eigenvalue weighted by molar-refractivity contribution is 0.0693. The van der Waals surface area contributed by atoms with Crippen LogP contribution in [0.1, 0.15) is 59.5 Å². The average Bonchev–Trinajstić information content (AvgIpc) is 3.17. The van der Waals surface area contributed by atoms with Crippen LogP contribution in [0.4, 0.5) is 0 Å². The molecule has 0 unspecified atom stereocenters. The van der Waals surface area contributed by atoms with E-state index in [4.69, 9.17) is 11.6 Å². The van der Waals surface area contributed by atoms with E-state index in [1.165, 1.54) is 32.7 Å². The molecule has 5 aliphatic carbocycles. The molecule has 1 atom stereocenters. The molecule has 9 rings (SSSR count). The zero-order valence-electron chi connectivity index (χ0n) is 16.7. The molecule has 0 fully saturated rings. The molecule has 4 heteroatoms. The second-order valence-corrected chi connectivity index (χ2v) is 8.91. The Kier molecular flexibility index (Phi) is 3.76. The molecule has 148 valence electrons. The maximum Gasteiger partial charge on any atom is 0.261 e. The number of carbonyl (C=O) groups excluding carboxylic acids is 2. The van der Waals surface area contributed by atoms with Gasteiger partial charge >= 0.3 is 0 Å². The minimum atomic E-state index is -0.410. The molecule has 3 nitrogen and oxygen atoms in total. The summed E-state index contributed by atoms with van der Waals surface area (Å²) in [4.78, 5) is 26.6. The SMILES string of the molecule is CN1C(=O)c2ccc3c(c2C1=O)[C@H](Cl)c1c2ccc(c1-3)CCc1ccc(cc1)CC2. The summed E-state index contributed by atoms with van der Waals surface area (Å²) < 4.78 is 0. The molecule has 0 N–H and O–H groups in total. The summed E-state index contributed by atoms with van der Waals surface area (Å²) in [6, 6.07) is 17.1. The number of rotatable bonds is 0. The molecule has 0 saturated heterocycles. The number of hydrogen-bond donors (Lipinski definition) is 0. The molecule has 3 aromatic rings. The van der Waals surface area contributed by atoms with Crippen LogP contribution in [0.5, 0.6) is 0 Å². The number of aryl methyl sites for hydroxylation is 4. The third-order valence-corrected chi connectivity index (χ3v) is 7.32. The van der Waals surface area contributed by atoms with E-state index in [-0.39, 0.29) is 11.8 Å². The highest BCUT2D eigenvalue weighted by Crippen LogP contribution is 2.53. The van der Waals surface area contributed by atoms with Gasteiger partial charge in [-0.15, -0.1) is 11.6 Å². The summed E-state index contributed by atoms with van der Waals surface area (Å²) in [5.74, 6) is -0.491. The highest BCUT2D eigenvalue weighted by molar-refractivity contribution is 6.29. The van der Waals surface area contributed by atoms with Gasteiger partial charge in [-0.25, -0.2) is 0 Å². The molecule has 0 radical (unpaired) electrons. The van der Waals surface area contributed by atoms with Crippen molar-refractivity contribution in [3.63, 3.8) is 0 Å². The van der Waals surface area contributed by atoms with Crippen molar-refractivity contribution in [1.29, 1.82) is 0 Å². The van der Waals surface area contributed by atoms with Crippen LogP contribution >= 0.6 is 11.6 Å². The molecule has 30 heavy (non-hydrogen) atoms. The van der Waals surface area contributed by atoms with Crippen LogP contribution in [-0.4, -0.2) is 23.8 Å². The Morgan fingerprint density at radius 2 is 1.30 bits per heavy atom. The van der Waals surface area contributed by atoms with E-state index >= 15 is 0 Å². The summed E-state index contributed by atoms with van der Waals surface area (Å²) in [6.07, 6.45) is 3.72. The first-order valence-corrected chi connectivity index (χ1v) is 10.8. The Morgan fingerprint density at radius 3 is 2.00 bits per heavy atom. The number of imide groups is 1. The van der Waals surface area contributed by atoms with Gasteiger partial charge in [0.25, 0.3) is 11.8 Å². The normalized spacial score (nSPS) is 18.9. The van der Waals surface area contributed by atoms with E-state index < -0.39 is 5.38 Å². The first-order chi connectivity index (χ1) is 14.5. The molecule has 6 aliphatic rings. The van der Waals surface area contributed by atoms with Gasteiger partial charge in [-0.1, -0.05) is 42.5 Å². The van der Waals surface area contributed by atoms with Crippen LogP contribution in [0.15, 0.2) is 48.5 Å². The quantitative estimate of drug-likeness (QED) is 0.379. The largest absolute Gasteiger partial charge is 0.277 e. The Balaban J connectivity index is 1.58. The summed E-state index contributed by atoms with van der Waals surface area (Å²) in [5.41, 5.74) is 10.2. The fourth-order valence-electron chi connectivity index (χ4n) is 5.27. The Bertz CT molecular complexity index is 1260. The van der Waals surface area contributed by atoms with Crippen molar-refractivity contribution in [3.05, 3.63) is 93.0 Å². The molecule has 0 spiro atoms. The van der Waals surface area contributed by atoms with E-state index in [0.29, 0.717) is 11.1 Å². The van der Waals surface area contributed by atoms with Gasteiger partial charge in [0.2, 0.25) is 0 Å². The second kappa shape index (κ2) is 6.29. The lowest BCUT2D eigenvalue weighted by Crippen LogP contribution is -2.24. The van der Waals surface area contributed by atoms with Crippen LogP contribution in [0.3, 0.4) is 0 Å². The Morgan fingerprint density at radius 1 is 0.700 bits per heavy atom. The number of amides is 2. The predicted molar refractivity (Wildman–Crippen MR) is 117 cm³/mol. The van der Waals surface area contributed by atoms with E-state index in [1.807, 2.05) is 6.07 Å². The maximum absolute atomic E-state index is 12.9. The van der Waals surface area contributed by atoms with Crippen LogP contribution in [0.25, 0.3) is 11.1 Å². The number of halogens is 1. The van der Waals surface area contributed by atoms with Crippen molar-refractivity contribution in [3.8, 4) is 11.1 Å². The number of fused-ring (bicyclic) bond motifs is 3. The van der Waals surface area contributed by atoms with Gasteiger partial charge in [-0.05, 0) is 76.3 Å². The summed E-state index contributed by atoms with van der Waals surface area (Å²) in [6.45, 7) is 0. The van der Waals surface area contributed by atoms with Crippen molar-refractivity contribution >= 4 is 23.4 Å². The molecule has 0 aromatic heterocycles. The Labute approximate surface area is 180 Å². The monoisotopic (exact) mass is 413 g/mol. The fourth-order valence-corrected chi connectivity index (χ4v) is 5.74. The van der Waals surface area contributed by atoms with Crippen molar-refractivity contribution in [2.45, 2.75) is 31.1 Å². The lowest BCUT2D eigenvalue weighted by atomic mass is 9.88. The van der Waals surface area contributed by atoms with Gasteiger partial charge in [0.15, 0.2) is 0 Å². The summed E-state index contributed by atoms with van der Waals surface area (Å²) >= 11 is 7.08. The van der Waals surface area contributed by atoms with Gasteiger partial charge in [0.05, 0.1) is 16.5 Å². The first-order valence-electron chi connectivity index (χ1n) is 10.4. The highest BCUT2D eigenvalue weighted by atomic mass is 35.5. The fraction of sp³-hybridized carbons (Fsp3) is 0.231. The molecule has 1 aliphatic heterocycles. The second-order valence-electron chi connectivity index (χ2n) is 8.47. The van der Waals surface area contributed by atoms with Gasteiger partial charge in [-0.3, -0.25) is 14.5 Å². The van der Waals surface area contributed by atoms with Crippen LogP contribution in [0, 0.1) is 0 Å². The van der Waals surface area contributed by atoms with E-state index in [2.05, 4.69) is 36.4 Å². The van der Waals surface area contributed by atoms with Gasteiger partial charge < -0.3 is 0 Å². The smallest absolute Gasteiger partial charge is 0.261 e. The minimum absolute atomic E-state index is 0.245. The molecule has 0 saturated carbocycles. The van der Waals surface area contributed by atoms with Crippen molar-refractivity contribution in [2.75, 3.05) is 7.05 Å². The number of benzene rings is 3. The number of carbonyl (C=O) groups is 2. The predicted octanol–water partition coefficient (Wildman–Crippen LogP) is 5.10. The van der Waals surface area contributed by atoms with Crippen LogP contribution < -0.4 is 0 Å². The standard InChI is InChI=1S/C26H20ClNO2/c1-28-25(29)19-13-12-18-20-16-8-6-14-2-4-15(5-3-14)7-9-17(11-10-16)21(20)24(27)22(18)23(19)26(28)30/h2-5,10-13,24H,6-9H2,1H3/t24-/m1/s1. The van der Waals surface area contributed by atoms with Gasteiger partial charge in [0, 0.05) is 7.05 Å². The van der Waals surface area contributed by atoms with E-state index in [9.17, 15) is 9.59 Å². The van der Waals surface area contributed by atoms with E-state index in [1.54, 1.807) is 13.1 Å². The van der Waals surface area contributed by atoms with Crippen molar-refractivity contribution in [1.82, 2.24) is 4.90 Å². The summed E-state index contributed by atoms with van der Waals surface area (Å²) in [5, 5.41) is -0.410. The Hall–Kier alpha value is -2.91. The zero-order chi connectivity index (χ0) is 20.6. The van der Waals surface area contributed by atoms with Crippen LogP contribution in [0.2, 0.25) is 0 Å². The van der Waals surface area contributed by atoms with Crippen LogP contribution in [-0.2, 0) is 25.7 Å². The minimum Gasteiger partial charge on any atom is -0.277 e.